The Bertz CT molecular complexity index is 637. The van der Waals surface area contributed by atoms with Gasteiger partial charge in [0.2, 0.25) is 0 Å². The average molecular weight is 298 g/mol. The summed E-state index contributed by atoms with van der Waals surface area (Å²) in [5.74, 6) is 1.08. The van der Waals surface area contributed by atoms with Gasteiger partial charge in [-0.15, -0.1) is 0 Å². The molecule has 2 aromatic rings. The summed E-state index contributed by atoms with van der Waals surface area (Å²) in [4.78, 5) is 21.2. The van der Waals surface area contributed by atoms with Gasteiger partial charge in [-0.05, 0) is 37.1 Å². The fourth-order valence-corrected chi connectivity index (χ4v) is 3.05. The van der Waals surface area contributed by atoms with Crippen LogP contribution in [0, 0.1) is 0 Å². The third kappa shape index (κ3) is 2.84. The van der Waals surface area contributed by atoms with Crippen LogP contribution in [-0.4, -0.2) is 46.5 Å². The molecule has 0 unspecified atom stereocenters. The second kappa shape index (κ2) is 6.22. The number of anilines is 1. The molecule has 3 heterocycles. The SMILES string of the molecule is CN(C(=O)c1cccn1C)[C@H]1CCCN(c2ccccn2)C1. The minimum Gasteiger partial charge on any atom is -0.355 e. The van der Waals surface area contributed by atoms with E-state index in [1.807, 2.05) is 66.3 Å². The number of pyridine rings is 1. The number of aromatic nitrogens is 2. The molecule has 0 radical (unpaired) electrons. The van der Waals surface area contributed by atoms with Gasteiger partial charge in [0.05, 0.1) is 0 Å². The number of hydrogen-bond donors (Lipinski definition) is 0. The van der Waals surface area contributed by atoms with E-state index in [-0.39, 0.29) is 11.9 Å². The summed E-state index contributed by atoms with van der Waals surface area (Å²) in [7, 11) is 3.81. The molecule has 1 amide bonds. The van der Waals surface area contributed by atoms with Crippen LogP contribution in [0.4, 0.5) is 5.82 Å². The first kappa shape index (κ1) is 14.6. The molecular formula is C17H22N4O. The number of nitrogens with zero attached hydrogens (tertiary/aromatic N) is 4. The predicted molar refractivity (Wildman–Crippen MR) is 87.0 cm³/mol. The standard InChI is InChI=1S/C17H22N4O/c1-19-11-6-8-15(19)17(22)20(2)14-7-5-12-21(13-14)16-9-3-4-10-18-16/h3-4,6,8-11,14H,5,7,12-13H2,1-2H3/t14-/m0/s1. The highest BCUT2D eigenvalue weighted by Gasteiger charge is 2.28. The predicted octanol–water partition coefficient (Wildman–Crippen LogP) is 2.16. The molecule has 2 aromatic heterocycles. The van der Waals surface area contributed by atoms with E-state index in [2.05, 4.69) is 9.88 Å². The summed E-state index contributed by atoms with van der Waals surface area (Å²) < 4.78 is 1.87. The molecule has 1 aliphatic rings. The molecule has 0 spiro atoms. The maximum atomic E-state index is 12.6. The fourth-order valence-electron chi connectivity index (χ4n) is 3.05. The average Bonchev–Trinajstić information content (AvgIpc) is 3.00. The normalized spacial score (nSPS) is 18.3. The number of piperidine rings is 1. The van der Waals surface area contributed by atoms with Gasteiger partial charge >= 0.3 is 0 Å². The second-order valence-electron chi connectivity index (χ2n) is 5.85. The third-order valence-corrected chi connectivity index (χ3v) is 4.40. The number of aryl methyl sites for hydroxylation is 1. The number of rotatable bonds is 3. The van der Waals surface area contributed by atoms with Crippen molar-refractivity contribution in [1.29, 1.82) is 0 Å². The first-order chi connectivity index (χ1) is 10.7. The molecule has 5 nitrogen and oxygen atoms in total. The van der Waals surface area contributed by atoms with Crippen LogP contribution in [0.15, 0.2) is 42.7 Å². The zero-order chi connectivity index (χ0) is 15.5. The van der Waals surface area contributed by atoms with E-state index in [0.29, 0.717) is 0 Å². The van der Waals surface area contributed by atoms with Crippen molar-refractivity contribution in [3.63, 3.8) is 0 Å². The van der Waals surface area contributed by atoms with Crippen LogP contribution < -0.4 is 4.90 Å². The van der Waals surface area contributed by atoms with Gasteiger partial charge in [0.15, 0.2) is 0 Å². The largest absolute Gasteiger partial charge is 0.355 e. The molecule has 1 saturated heterocycles. The van der Waals surface area contributed by atoms with Crippen molar-refractivity contribution in [3.05, 3.63) is 48.4 Å². The summed E-state index contributed by atoms with van der Waals surface area (Å²) in [6.45, 7) is 1.84. The van der Waals surface area contributed by atoms with Gasteiger partial charge in [-0.25, -0.2) is 4.98 Å². The second-order valence-corrected chi connectivity index (χ2v) is 5.85. The van der Waals surface area contributed by atoms with Crippen molar-refractivity contribution in [2.45, 2.75) is 18.9 Å². The van der Waals surface area contributed by atoms with E-state index < -0.39 is 0 Å². The highest BCUT2D eigenvalue weighted by atomic mass is 16.2. The van der Waals surface area contributed by atoms with Crippen LogP contribution in [-0.2, 0) is 7.05 Å². The molecule has 0 saturated carbocycles. The van der Waals surface area contributed by atoms with Gasteiger partial charge in [-0.3, -0.25) is 4.79 Å². The van der Waals surface area contributed by atoms with Crippen molar-refractivity contribution >= 4 is 11.7 Å². The van der Waals surface area contributed by atoms with E-state index in [9.17, 15) is 4.79 Å². The quantitative estimate of drug-likeness (QED) is 0.872. The van der Waals surface area contributed by atoms with Crippen molar-refractivity contribution in [2.75, 3.05) is 25.0 Å². The fraction of sp³-hybridized carbons (Fsp3) is 0.412. The van der Waals surface area contributed by atoms with Crippen LogP contribution in [0.2, 0.25) is 0 Å². The molecule has 1 aliphatic heterocycles. The van der Waals surface area contributed by atoms with Gasteiger partial charge in [0.25, 0.3) is 5.91 Å². The van der Waals surface area contributed by atoms with Crippen molar-refractivity contribution in [1.82, 2.24) is 14.5 Å². The maximum absolute atomic E-state index is 12.6. The first-order valence-corrected chi connectivity index (χ1v) is 7.71. The van der Waals surface area contributed by atoms with Crippen molar-refractivity contribution in [3.8, 4) is 0 Å². The molecule has 0 aromatic carbocycles. The zero-order valence-electron chi connectivity index (χ0n) is 13.1. The van der Waals surface area contributed by atoms with Crippen LogP contribution >= 0.6 is 0 Å². The van der Waals surface area contributed by atoms with E-state index in [4.69, 9.17) is 0 Å². The number of carbonyl (C=O) groups is 1. The van der Waals surface area contributed by atoms with E-state index in [1.54, 1.807) is 0 Å². The number of likely N-dealkylation sites (N-methyl/N-ethyl adjacent to an activating group) is 1. The lowest BCUT2D eigenvalue weighted by Gasteiger charge is -2.38. The van der Waals surface area contributed by atoms with E-state index in [1.165, 1.54) is 0 Å². The minimum atomic E-state index is 0.0837. The molecule has 5 heteroatoms. The van der Waals surface area contributed by atoms with E-state index in [0.717, 1.165) is 37.4 Å². The van der Waals surface area contributed by atoms with Gasteiger partial charge in [-0.1, -0.05) is 6.07 Å². The smallest absolute Gasteiger partial charge is 0.270 e. The molecule has 0 bridgehead atoms. The summed E-state index contributed by atoms with van der Waals surface area (Å²) >= 11 is 0. The molecule has 1 atom stereocenters. The lowest BCUT2D eigenvalue weighted by Crippen LogP contribution is -2.49. The highest BCUT2D eigenvalue weighted by molar-refractivity contribution is 5.92. The lowest BCUT2D eigenvalue weighted by molar-refractivity contribution is 0.0707. The van der Waals surface area contributed by atoms with Crippen LogP contribution in [0.3, 0.4) is 0 Å². The maximum Gasteiger partial charge on any atom is 0.270 e. The van der Waals surface area contributed by atoms with Gasteiger partial charge in [0, 0.05) is 45.6 Å². The molecule has 116 valence electrons. The number of amides is 1. The molecule has 3 rings (SSSR count). The lowest BCUT2D eigenvalue weighted by atomic mass is 10.0. The molecular weight excluding hydrogens is 276 g/mol. The Hall–Kier alpha value is -2.30. The summed E-state index contributed by atoms with van der Waals surface area (Å²) in [6, 6.07) is 9.96. The Morgan fingerprint density at radius 1 is 1.32 bits per heavy atom. The van der Waals surface area contributed by atoms with Crippen LogP contribution in [0.5, 0.6) is 0 Å². The minimum absolute atomic E-state index is 0.0837. The molecule has 0 aliphatic carbocycles. The molecule has 1 fully saturated rings. The van der Waals surface area contributed by atoms with Crippen molar-refractivity contribution < 1.29 is 4.79 Å². The van der Waals surface area contributed by atoms with Crippen LogP contribution in [0.1, 0.15) is 23.3 Å². The monoisotopic (exact) mass is 298 g/mol. The Morgan fingerprint density at radius 3 is 2.86 bits per heavy atom. The van der Waals surface area contributed by atoms with Gasteiger partial charge in [0.1, 0.15) is 11.5 Å². The summed E-state index contributed by atoms with van der Waals surface area (Å²) in [6.07, 6.45) is 5.84. The summed E-state index contributed by atoms with van der Waals surface area (Å²) in [5, 5.41) is 0. The van der Waals surface area contributed by atoms with Gasteiger partial charge < -0.3 is 14.4 Å². The molecule has 0 N–H and O–H groups in total. The Labute approximate surface area is 131 Å². The Kier molecular flexibility index (Phi) is 4.13. The first-order valence-electron chi connectivity index (χ1n) is 7.71. The Morgan fingerprint density at radius 2 is 2.18 bits per heavy atom. The topological polar surface area (TPSA) is 41.4 Å². The zero-order valence-corrected chi connectivity index (χ0v) is 13.1. The van der Waals surface area contributed by atoms with Crippen molar-refractivity contribution in [2.24, 2.45) is 7.05 Å². The summed E-state index contributed by atoms with van der Waals surface area (Å²) in [5.41, 5.74) is 0.734. The number of hydrogen-bond acceptors (Lipinski definition) is 3. The van der Waals surface area contributed by atoms with Crippen LogP contribution in [0.25, 0.3) is 0 Å². The number of carbonyl (C=O) groups excluding carboxylic acids is 1. The van der Waals surface area contributed by atoms with E-state index >= 15 is 0 Å². The highest BCUT2D eigenvalue weighted by Crippen LogP contribution is 2.21. The molecule has 22 heavy (non-hydrogen) atoms. The third-order valence-electron chi connectivity index (χ3n) is 4.40. The van der Waals surface area contributed by atoms with Gasteiger partial charge in [-0.2, -0.15) is 0 Å². The Balaban J connectivity index is 1.72.